The van der Waals surface area contributed by atoms with Crippen LogP contribution in [0.5, 0.6) is 0 Å². The Labute approximate surface area is 629 Å². The van der Waals surface area contributed by atoms with Gasteiger partial charge in [-0.05, 0) is 167 Å². The van der Waals surface area contributed by atoms with Crippen LogP contribution in [-0.4, -0.2) is 96.7 Å². The summed E-state index contributed by atoms with van der Waals surface area (Å²) in [6.45, 7) is 4.40. The Morgan fingerprint density at radius 3 is 0.856 bits per heavy atom. The van der Waals surface area contributed by atoms with Gasteiger partial charge < -0.3 is 33.8 Å². The molecule has 0 bridgehead atoms. The zero-order chi connectivity index (χ0) is 76.0. The maximum Gasteiger partial charge on any atom is 0.472 e. The Hall–Kier alpha value is -5.58. The van der Waals surface area contributed by atoms with Crippen LogP contribution in [0, 0.1) is 0 Å². The molecule has 0 spiro atoms. The summed E-state index contributed by atoms with van der Waals surface area (Å²) in [5, 5.41) is 10.6. The standard InChI is InChI=1S/C85H138O17P2/c1-5-9-13-17-21-25-29-33-36-38-39-41-43-47-50-54-58-62-66-70-83(88)96-76-81(102-85(90)72-68-64-60-56-52-48-44-40-37-34-30-26-22-18-14-10-6-2)78-100-104(93,94)98-74-79(86)73-97-103(91,92)99-77-80(101-84(89)71-67-63-59-55-51-45-32-28-24-20-16-12-8-4)75-95-82(87)69-65-61-57-53-49-46-42-35-31-27-23-19-15-11-7-3/h9-10,13-14,16,20-23,25-28,32-37,39,41-42,44,47-48,50,56,60,79-81,86H,5-8,11-12,15,17-19,24,29-31,38,40,43,45-46,49,51-55,57-59,61-78H2,1-4H3,(H,91,92)(H,93,94)/b13-9-,14-10-,20-16-,25-21-,26-22-,27-23-,32-28-,36-33-,37-34-,41-39-,42-35-,48-44-,50-47-,60-56-. The molecule has 0 radical (unpaired) electrons. The molecule has 0 saturated carbocycles. The van der Waals surface area contributed by atoms with Crippen molar-refractivity contribution in [3.63, 3.8) is 0 Å². The number of phosphoric ester groups is 2. The average Bonchev–Trinajstić information content (AvgIpc) is 0.911. The van der Waals surface area contributed by atoms with E-state index in [1.54, 1.807) is 0 Å². The molecule has 0 aromatic rings. The van der Waals surface area contributed by atoms with Gasteiger partial charge >= 0.3 is 39.5 Å². The Bertz CT molecular complexity index is 2640. The third-order valence-electron chi connectivity index (χ3n) is 15.6. The van der Waals surface area contributed by atoms with E-state index in [2.05, 4.69) is 186 Å². The molecule has 17 nitrogen and oxygen atoms in total. The first-order valence-corrected chi connectivity index (χ1v) is 42.4. The minimum Gasteiger partial charge on any atom is -0.462 e. The van der Waals surface area contributed by atoms with Crippen molar-refractivity contribution in [1.82, 2.24) is 0 Å². The SMILES string of the molecule is CC/C=C\C/C=C\C/C=C\C/C=C\C/C=C\CCCCCC(=O)OCC(COP(=O)(O)OCC(O)COP(=O)(O)OCC(COC(=O)CCCCCCC/C=C\C/C=C\CCCCC)OC(=O)CCCCCCC/C=C\C/C=C\CCC)OC(=O)CCC/C=C\C/C=C\C/C=C\C/C=C\C/C=C\CC. The van der Waals surface area contributed by atoms with Gasteiger partial charge in [-0.2, -0.15) is 0 Å². The first-order chi connectivity index (χ1) is 50.7. The third-order valence-corrected chi connectivity index (χ3v) is 17.5. The van der Waals surface area contributed by atoms with E-state index < -0.39 is 97.5 Å². The average molecular weight is 1490 g/mol. The van der Waals surface area contributed by atoms with Crippen LogP contribution in [0.2, 0.25) is 0 Å². The lowest BCUT2D eigenvalue weighted by molar-refractivity contribution is -0.161. The second-order valence-corrected chi connectivity index (χ2v) is 28.4. The summed E-state index contributed by atoms with van der Waals surface area (Å²) in [5.74, 6) is -2.32. The Morgan fingerprint density at radius 1 is 0.279 bits per heavy atom. The molecule has 104 heavy (non-hydrogen) atoms. The molecule has 0 aliphatic rings. The van der Waals surface area contributed by atoms with Crippen molar-refractivity contribution in [2.45, 2.75) is 303 Å². The van der Waals surface area contributed by atoms with Crippen LogP contribution in [0.4, 0.5) is 0 Å². The topological polar surface area (TPSA) is 237 Å². The van der Waals surface area contributed by atoms with Gasteiger partial charge in [0.1, 0.15) is 19.3 Å². The fourth-order valence-electron chi connectivity index (χ4n) is 9.70. The van der Waals surface area contributed by atoms with Gasteiger partial charge in [0.2, 0.25) is 0 Å². The number of esters is 4. The van der Waals surface area contributed by atoms with E-state index in [0.717, 1.165) is 180 Å². The maximum atomic E-state index is 13.1. The van der Waals surface area contributed by atoms with E-state index in [-0.39, 0.29) is 25.7 Å². The van der Waals surface area contributed by atoms with Crippen LogP contribution in [0.15, 0.2) is 170 Å². The summed E-state index contributed by atoms with van der Waals surface area (Å²) in [6, 6.07) is 0. The predicted molar refractivity (Wildman–Crippen MR) is 426 cm³/mol. The predicted octanol–water partition coefficient (Wildman–Crippen LogP) is 23.0. The molecule has 0 heterocycles. The van der Waals surface area contributed by atoms with Crippen LogP contribution in [0.25, 0.3) is 0 Å². The normalized spacial score (nSPS) is 14.8. The van der Waals surface area contributed by atoms with Gasteiger partial charge in [0.25, 0.3) is 0 Å². The summed E-state index contributed by atoms with van der Waals surface area (Å²) in [6.07, 6.45) is 89.2. The number of phosphoric acid groups is 2. The third kappa shape index (κ3) is 74.7. The number of aliphatic hydroxyl groups is 1. The Morgan fingerprint density at radius 2 is 0.529 bits per heavy atom. The highest BCUT2D eigenvalue weighted by Crippen LogP contribution is 2.45. The number of rotatable bonds is 72. The minimum atomic E-state index is -5.01. The quantitative estimate of drug-likeness (QED) is 0.0169. The molecular formula is C85H138O17P2. The van der Waals surface area contributed by atoms with E-state index in [0.29, 0.717) is 32.1 Å². The minimum absolute atomic E-state index is 0.00193. The molecule has 0 aliphatic carbocycles. The number of allylic oxidation sites excluding steroid dienone is 28. The first kappa shape index (κ1) is 98.4. The van der Waals surface area contributed by atoms with Crippen molar-refractivity contribution < 1.29 is 80.2 Å². The van der Waals surface area contributed by atoms with Crippen molar-refractivity contribution in [3.8, 4) is 0 Å². The van der Waals surface area contributed by atoms with Crippen molar-refractivity contribution in [2.75, 3.05) is 39.6 Å². The Kier molecular flexibility index (Phi) is 71.6. The van der Waals surface area contributed by atoms with Crippen LogP contribution in [0.3, 0.4) is 0 Å². The van der Waals surface area contributed by atoms with Crippen molar-refractivity contribution >= 4 is 39.5 Å². The van der Waals surface area contributed by atoms with Crippen LogP contribution in [-0.2, 0) is 65.4 Å². The molecule has 0 fully saturated rings. The largest absolute Gasteiger partial charge is 0.472 e. The molecule has 0 rings (SSSR count). The number of unbranched alkanes of at least 4 members (excludes halogenated alkanes) is 18. The highest BCUT2D eigenvalue weighted by Gasteiger charge is 2.30. The van der Waals surface area contributed by atoms with E-state index in [1.807, 2.05) is 12.2 Å². The van der Waals surface area contributed by atoms with Crippen molar-refractivity contribution in [2.24, 2.45) is 0 Å². The number of hydrogen-bond donors (Lipinski definition) is 3. The first-order valence-electron chi connectivity index (χ1n) is 39.4. The molecule has 0 amide bonds. The summed E-state index contributed by atoms with van der Waals surface area (Å²) >= 11 is 0. The smallest absolute Gasteiger partial charge is 0.462 e. The molecule has 5 unspecified atom stereocenters. The van der Waals surface area contributed by atoms with Gasteiger partial charge in [0.15, 0.2) is 12.2 Å². The maximum absolute atomic E-state index is 13.1. The molecule has 0 aromatic carbocycles. The highest BCUT2D eigenvalue weighted by atomic mass is 31.2. The van der Waals surface area contributed by atoms with Gasteiger partial charge in [0.05, 0.1) is 26.4 Å². The van der Waals surface area contributed by atoms with Gasteiger partial charge in [-0.25, -0.2) is 9.13 Å². The number of ether oxygens (including phenoxy) is 4. The molecular weight excluding hydrogens is 1350 g/mol. The molecule has 0 saturated heterocycles. The number of carbonyl (C=O) groups excluding carboxylic acids is 4. The van der Waals surface area contributed by atoms with Crippen molar-refractivity contribution in [1.29, 1.82) is 0 Å². The van der Waals surface area contributed by atoms with E-state index in [1.165, 1.54) is 19.3 Å². The Balaban J connectivity index is 5.48. The molecule has 3 N–H and O–H groups in total. The van der Waals surface area contributed by atoms with Crippen LogP contribution in [0.1, 0.15) is 285 Å². The summed E-state index contributed by atoms with van der Waals surface area (Å²) < 4.78 is 68.5. The highest BCUT2D eigenvalue weighted by molar-refractivity contribution is 7.47. The lowest BCUT2D eigenvalue weighted by Gasteiger charge is -2.21. The molecule has 0 aromatic heterocycles. The number of carbonyl (C=O) groups is 4. The number of hydrogen-bond acceptors (Lipinski definition) is 15. The van der Waals surface area contributed by atoms with Crippen molar-refractivity contribution in [3.05, 3.63) is 170 Å². The fourth-order valence-corrected chi connectivity index (χ4v) is 11.3. The van der Waals surface area contributed by atoms with Gasteiger partial charge in [-0.3, -0.25) is 37.3 Å². The zero-order valence-corrected chi connectivity index (χ0v) is 66.2. The van der Waals surface area contributed by atoms with Crippen LogP contribution >= 0.6 is 15.6 Å². The summed E-state index contributed by atoms with van der Waals surface area (Å²) in [7, 11) is -10.0. The van der Waals surface area contributed by atoms with E-state index in [4.69, 9.17) is 37.0 Å². The lowest BCUT2D eigenvalue weighted by atomic mass is 10.1. The van der Waals surface area contributed by atoms with Gasteiger partial charge in [-0.1, -0.05) is 262 Å². The second kappa shape index (κ2) is 75.6. The summed E-state index contributed by atoms with van der Waals surface area (Å²) in [4.78, 5) is 73.0. The molecule has 5 atom stereocenters. The van der Waals surface area contributed by atoms with Crippen LogP contribution < -0.4 is 0 Å². The lowest BCUT2D eigenvalue weighted by Crippen LogP contribution is -2.30. The molecule has 0 aliphatic heterocycles. The van der Waals surface area contributed by atoms with Gasteiger partial charge in [0, 0.05) is 25.7 Å². The van der Waals surface area contributed by atoms with E-state index >= 15 is 0 Å². The van der Waals surface area contributed by atoms with Gasteiger partial charge in [-0.15, -0.1) is 0 Å². The van der Waals surface area contributed by atoms with E-state index in [9.17, 15) is 43.2 Å². The molecule has 590 valence electrons. The second-order valence-electron chi connectivity index (χ2n) is 25.5. The molecule has 19 heteroatoms. The summed E-state index contributed by atoms with van der Waals surface area (Å²) in [5.41, 5.74) is 0. The monoisotopic (exact) mass is 1490 g/mol. The zero-order valence-electron chi connectivity index (χ0n) is 64.4. The fraction of sp³-hybridized carbons (Fsp3) is 0.624. The number of aliphatic hydroxyl groups excluding tert-OH is 1.